The molecule has 1 aliphatic rings. The van der Waals surface area contributed by atoms with E-state index in [0.717, 1.165) is 19.3 Å². The topological polar surface area (TPSA) is 35.2 Å². The molecule has 0 spiro atoms. The Morgan fingerprint density at radius 2 is 1.75 bits per heavy atom. The van der Waals surface area contributed by atoms with Crippen molar-refractivity contribution in [1.82, 2.24) is 0 Å². The highest BCUT2D eigenvalue weighted by atomic mass is 28.4. The lowest BCUT2D eigenvalue weighted by Gasteiger charge is -2.41. The van der Waals surface area contributed by atoms with Crippen LogP contribution in [0.3, 0.4) is 0 Å². The van der Waals surface area contributed by atoms with Crippen molar-refractivity contribution in [2.45, 2.75) is 95.5 Å². The molecule has 3 heteroatoms. The zero-order chi connectivity index (χ0) is 15.4. The molecule has 1 aliphatic carbocycles. The first-order chi connectivity index (χ1) is 9.10. The Balaban J connectivity index is 2.56. The van der Waals surface area contributed by atoms with E-state index in [1.165, 1.54) is 25.7 Å². The van der Waals surface area contributed by atoms with Gasteiger partial charge in [-0.2, -0.15) is 0 Å². The van der Waals surface area contributed by atoms with Crippen molar-refractivity contribution in [3.05, 3.63) is 12.7 Å². The molecule has 1 saturated carbocycles. The normalized spacial score (nSPS) is 29.6. The van der Waals surface area contributed by atoms with Crippen LogP contribution in [0.25, 0.3) is 0 Å². The summed E-state index contributed by atoms with van der Waals surface area (Å²) in [6, 6.07) is 0. The first-order valence-corrected chi connectivity index (χ1v) is 11.1. The highest BCUT2D eigenvalue weighted by Crippen LogP contribution is 2.39. The predicted molar refractivity (Wildman–Crippen MR) is 91.5 cm³/mol. The summed E-state index contributed by atoms with van der Waals surface area (Å²) in [6.45, 7) is 15.5. The molecule has 0 aromatic rings. The van der Waals surface area contributed by atoms with Crippen molar-refractivity contribution in [1.29, 1.82) is 0 Å². The number of nitrogens with two attached hydrogens (primary N) is 1. The fourth-order valence-corrected chi connectivity index (χ4v) is 4.26. The van der Waals surface area contributed by atoms with Crippen molar-refractivity contribution >= 4 is 8.32 Å². The lowest BCUT2D eigenvalue weighted by Crippen LogP contribution is -2.45. The maximum Gasteiger partial charge on any atom is 0.192 e. The van der Waals surface area contributed by atoms with Crippen LogP contribution in [0.1, 0.15) is 65.7 Å². The van der Waals surface area contributed by atoms with Crippen molar-refractivity contribution in [2.24, 2.45) is 5.73 Å². The van der Waals surface area contributed by atoms with Gasteiger partial charge in [-0.15, -0.1) is 6.58 Å². The Hall–Kier alpha value is -0.123. The quantitative estimate of drug-likeness (QED) is 0.585. The van der Waals surface area contributed by atoms with Crippen LogP contribution in [-0.2, 0) is 4.43 Å². The van der Waals surface area contributed by atoms with Gasteiger partial charge in [-0.1, -0.05) is 26.8 Å². The second kappa shape index (κ2) is 6.76. The third-order valence-corrected chi connectivity index (χ3v) is 9.75. The Morgan fingerprint density at radius 3 is 2.15 bits per heavy atom. The molecular formula is C17H35NOSi. The number of rotatable bonds is 4. The fourth-order valence-electron chi connectivity index (χ4n) is 2.84. The van der Waals surface area contributed by atoms with Crippen LogP contribution in [0.5, 0.6) is 0 Å². The first kappa shape index (κ1) is 17.9. The van der Waals surface area contributed by atoms with Crippen LogP contribution in [0, 0.1) is 0 Å². The Morgan fingerprint density at radius 1 is 1.25 bits per heavy atom. The van der Waals surface area contributed by atoms with Gasteiger partial charge in [0.1, 0.15) is 0 Å². The Kier molecular flexibility index (Phi) is 6.06. The van der Waals surface area contributed by atoms with Gasteiger partial charge in [-0.3, -0.25) is 0 Å². The van der Waals surface area contributed by atoms with Crippen molar-refractivity contribution < 1.29 is 4.43 Å². The largest absolute Gasteiger partial charge is 0.414 e. The molecule has 0 aromatic heterocycles. The molecule has 0 aliphatic heterocycles. The van der Waals surface area contributed by atoms with Crippen LogP contribution in [0.4, 0.5) is 0 Å². The van der Waals surface area contributed by atoms with E-state index >= 15 is 0 Å². The Labute approximate surface area is 127 Å². The summed E-state index contributed by atoms with van der Waals surface area (Å²) in [5, 5.41) is 0.301. The van der Waals surface area contributed by atoms with Crippen LogP contribution < -0.4 is 5.73 Å². The van der Waals surface area contributed by atoms with E-state index in [1.807, 2.05) is 6.08 Å². The van der Waals surface area contributed by atoms with Gasteiger partial charge in [0.25, 0.3) is 0 Å². The number of hydrogen-bond donors (Lipinski definition) is 1. The van der Waals surface area contributed by atoms with Gasteiger partial charge in [0, 0.05) is 11.6 Å². The third-order valence-electron chi connectivity index (χ3n) is 5.22. The lowest BCUT2D eigenvalue weighted by molar-refractivity contribution is 0.136. The monoisotopic (exact) mass is 297 g/mol. The van der Waals surface area contributed by atoms with Crippen molar-refractivity contribution in [2.75, 3.05) is 0 Å². The van der Waals surface area contributed by atoms with Gasteiger partial charge < -0.3 is 10.2 Å². The summed E-state index contributed by atoms with van der Waals surface area (Å²) >= 11 is 0. The molecule has 0 amide bonds. The van der Waals surface area contributed by atoms with E-state index in [-0.39, 0.29) is 5.54 Å². The van der Waals surface area contributed by atoms with Gasteiger partial charge in [-0.25, -0.2) is 0 Å². The average molecular weight is 298 g/mol. The van der Waals surface area contributed by atoms with Gasteiger partial charge in [-0.05, 0) is 63.1 Å². The summed E-state index contributed by atoms with van der Waals surface area (Å²) in [5.41, 5.74) is 6.47. The van der Waals surface area contributed by atoms with Crippen LogP contribution in [0.15, 0.2) is 12.7 Å². The average Bonchev–Trinajstić information content (AvgIpc) is 2.24. The Bertz CT molecular complexity index is 309. The molecule has 0 radical (unpaired) electrons. The molecule has 20 heavy (non-hydrogen) atoms. The van der Waals surface area contributed by atoms with Crippen molar-refractivity contribution in [3.8, 4) is 0 Å². The molecule has 1 rings (SSSR count). The molecule has 2 N–H and O–H groups in total. The minimum absolute atomic E-state index is 0.0102. The van der Waals surface area contributed by atoms with Gasteiger partial charge in [0.15, 0.2) is 8.32 Å². The zero-order valence-corrected chi connectivity index (χ0v) is 15.3. The molecule has 118 valence electrons. The van der Waals surface area contributed by atoms with E-state index in [2.05, 4.69) is 40.4 Å². The molecule has 0 heterocycles. The van der Waals surface area contributed by atoms with E-state index < -0.39 is 8.32 Å². The molecule has 0 atom stereocenters. The molecular weight excluding hydrogens is 262 g/mol. The predicted octanol–water partition coefficient (Wildman–Crippen LogP) is 5.00. The second-order valence-corrected chi connectivity index (χ2v) is 12.9. The highest BCUT2D eigenvalue weighted by Gasteiger charge is 2.39. The standard InChI is InChI=1S/C17H35NOSi/c1-7-12-17(18)13-8-10-15(11-9-14-17)19-20(5,6)16(2,3)4/h7,15H,1,8-14,18H2,2-6H3. The van der Waals surface area contributed by atoms with E-state index in [4.69, 9.17) is 10.2 Å². The van der Waals surface area contributed by atoms with Crippen molar-refractivity contribution in [3.63, 3.8) is 0 Å². The van der Waals surface area contributed by atoms with Crippen LogP contribution in [-0.4, -0.2) is 20.0 Å². The highest BCUT2D eigenvalue weighted by molar-refractivity contribution is 6.74. The van der Waals surface area contributed by atoms with E-state index in [1.54, 1.807) is 0 Å². The van der Waals surface area contributed by atoms with Crippen LogP contribution in [0.2, 0.25) is 18.1 Å². The summed E-state index contributed by atoms with van der Waals surface area (Å²) in [4.78, 5) is 0. The maximum absolute atomic E-state index is 6.58. The fraction of sp³-hybridized carbons (Fsp3) is 0.882. The third kappa shape index (κ3) is 5.01. The first-order valence-electron chi connectivity index (χ1n) is 8.17. The van der Waals surface area contributed by atoms with Gasteiger partial charge in [0.05, 0.1) is 0 Å². The smallest absolute Gasteiger partial charge is 0.192 e. The molecule has 2 nitrogen and oxygen atoms in total. The summed E-state index contributed by atoms with van der Waals surface area (Å²) in [6.07, 6.45) is 10.3. The maximum atomic E-state index is 6.58. The summed E-state index contributed by atoms with van der Waals surface area (Å²) in [5.74, 6) is 0. The van der Waals surface area contributed by atoms with Gasteiger partial charge >= 0.3 is 0 Å². The van der Waals surface area contributed by atoms with Gasteiger partial charge in [0.2, 0.25) is 0 Å². The number of hydrogen-bond acceptors (Lipinski definition) is 2. The zero-order valence-electron chi connectivity index (χ0n) is 14.3. The van der Waals surface area contributed by atoms with E-state index in [0.29, 0.717) is 11.1 Å². The minimum Gasteiger partial charge on any atom is -0.414 e. The summed E-state index contributed by atoms with van der Waals surface area (Å²) in [7, 11) is -1.63. The van der Waals surface area contributed by atoms with Crippen LogP contribution >= 0.6 is 0 Å². The SMILES string of the molecule is C=CCC1(N)CCCC(O[Si](C)(C)C(C)(C)C)CCC1. The molecule has 0 unspecified atom stereocenters. The lowest BCUT2D eigenvalue weighted by atomic mass is 9.82. The second-order valence-electron chi connectivity index (χ2n) is 8.14. The molecule has 0 bridgehead atoms. The van der Waals surface area contributed by atoms with E-state index in [9.17, 15) is 0 Å². The molecule has 1 fully saturated rings. The summed E-state index contributed by atoms with van der Waals surface area (Å²) < 4.78 is 6.58. The minimum atomic E-state index is -1.63. The molecule has 0 aromatic carbocycles. The molecule has 0 saturated heterocycles.